The maximum Gasteiger partial charge on any atom is 0.307 e. The van der Waals surface area contributed by atoms with Crippen LogP contribution in [-0.2, 0) is 37.1 Å². The van der Waals surface area contributed by atoms with E-state index in [2.05, 4.69) is 179 Å². The summed E-state index contributed by atoms with van der Waals surface area (Å²) in [5.74, 6) is 0.693. The molecule has 0 amide bonds. The van der Waals surface area contributed by atoms with Crippen LogP contribution in [0.4, 0.5) is 0 Å². The first-order valence-electron chi connectivity index (χ1n) is 16.7. The zero-order valence-electron chi connectivity index (χ0n) is 32.0. The molecule has 248 valence electrons. The lowest BCUT2D eigenvalue weighted by Crippen LogP contribution is -2.34. The summed E-state index contributed by atoms with van der Waals surface area (Å²) >= 11 is 0. The largest absolute Gasteiger partial charge is 0.437 e. The summed E-state index contributed by atoms with van der Waals surface area (Å²) in [6, 6.07) is 19.6. The SMILES string of the molecule is CC(C)(C)c1ccc(OP(=O)(c2ccc(C(C)(C)C)cc2C(C)(C)C)c2ccc(C(C)(C)C)cc2C(C)(C)C)c(C(C)(C)C)c1. The van der Waals surface area contributed by atoms with E-state index >= 15 is 4.57 Å². The number of hydrogen-bond acceptors (Lipinski definition) is 2. The zero-order chi connectivity index (χ0) is 34.8. The van der Waals surface area contributed by atoms with Crippen LogP contribution in [0.5, 0.6) is 5.75 Å². The fraction of sp³-hybridized carbons (Fsp3) is 0.571. The van der Waals surface area contributed by atoms with Crippen LogP contribution in [0.3, 0.4) is 0 Å². The summed E-state index contributed by atoms with van der Waals surface area (Å²) in [7, 11) is -3.71. The summed E-state index contributed by atoms with van der Waals surface area (Å²) in [6.45, 7) is 40.1. The van der Waals surface area contributed by atoms with Crippen molar-refractivity contribution in [3.05, 3.63) is 88.0 Å². The standard InChI is InChI=1S/C42H63O2P/c1-37(2,3)28-19-22-34(31(25-28)40(10,11)12)44-45(43,35-23-20-29(38(4,5)6)26-32(35)41(13,14)15)36-24-21-30(39(7,8)9)27-33(36)42(16,17)18/h19-27H,1-18H3. The van der Waals surface area contributed by atoms with E-state index in [1.807, 2.05) is 0 Å². The first kappa shape index (κ1) is 37.2. The summed E-state index contributed by atoms with van der Waals surface area (Å²) in [5.41, 5.74) is 6.07. The van der Waals surface area contributed by atoms with Gasteiger partial charge in [-0.2, -0.15) is 0 Å². The third-order valence-corrected chi connectivity index (χ3v) is 11.4. The van der Waals surface area contributed by atoms with Gasteiger partial charge >= 0.3 is 7.37 Å². The maximum atomic E-state index is 16.4. The van der Waals surface area contributed by atoms with Gasteiger partial charge in [-0.3, -0.25) is 4.57 Å². The van der Waals surface area contributed by atoms with Gasteiger partial charge in [-0.25, -0.2) is 0 Å². The van der Waals surface area contributed by atoms with Crippen LogP contribution in [0.25, 0.3) is 0 Å². The molecule has 0 aliphatic rings. The molecule has 0 saturated heterocycles. The van der Waals surface area contributed by atoms with Crippen molar-refractivity contribution in [2.45, 2.75) is 157 Å². The molecule has 45 heavy (non-hydrogen) atoms. The smallest absolute Gasteiger partial charge is 0.307 e. The van der Waals surface area contributed by atoms with Gasteiger partial charge in [-0.1, -0.05) is 161 Å². The predicted molar refractivity (Wildman–Crippen MR) is 199 cm³/mol. The molecule has 3 aromatic carbocycles. The van der Waals surface area contributed by atoms with Crippen LogP contribution >= 0.6 is 7.37 Å². The molecule has 0 heterocycles. The molecule has 0 aliphatic heterocycles. The highest BCUT2D eigenvalue weighted by atomic mass is 31.2. The van der Waals surface area contributed by atoms with Crippen LogP contribution in [0.1, 0.15) is 158 Å². The molecule has 0 saturated carbocycles. The van der Waals surface area contributed by atoms with Gasteiger partial charge in [0.2, 0.25) is 0 Å². The second kappa shape index (κ2) is 11.7. The molecule has 2 nitrogen and oxygen atoms in total. The van der Waals surface area contributed by atoms with Crippen molar-refractivity contribution in [1.29, 1.82) is 0 Å². The topological polar surface area (TPSA) is 26.3 Å². The average molecular weight is 631 g/mol. The molecule has 3 rings (SSSR count). The van der Waals surface area contributed by atoms with Gasteiger partial charge < -0.3 is 4.52 Å². The van der Waals surface area contributed by atoms with Crippen LogP contribution in [-0.4, -0.2) is 0 Å². The van der Waals surface area contributed by atoms with Crippen LogP contribution in [0.15, 0.2) is 54.6 Å². The third kappa shape index (κ3) is 8.16. The molecule has 0 radical (unpaired) electrons. The molecule has 0 atom stereocenters. The van der Waals surface area contributed by atoms with E-state index < -0.39 is 7.37 Å². The van der Waals surface area contributed by atoms with Crippen molar-refractivity contribution in [3.63, 3.8) is 0 Å². The van der Waals surface area contributed by atoms with Crippen molar-refractivity contribution in [1.82, 2.24) is 0 Å². The Hall–Kier alpha value is -2.31. The summed E-state index contributed by atoms with van der Waals surface area (Å²) in [4.78, 5) is 0. The molecular formula is C42H63O2P. The lowest BCUT2D eigenvalue weighted by atomic mass is 9.80. The fourth-order valence-corrected chi connectivity index (χ4v) is 8.62. The van der Waals surface area contributed by atoms with Crippen LogP contribution in [0.2, 0.25) is 0 Å². The third-order valence-electron chi connectivity index (χ3n) is 8.86. The predicted octanol–water partition coefficient (Wildman–Crippen LogP) is 11.8. The molecule has 3 heteroatoms. The lowest BCUT2D eigenvalue weighted by Gasteiger charge is -2.35. The summed E-state index contributed by atoms with van der Waals surface area (Å²) in [5, 5.41) is 1.58. The van der Waals surface area contributed by atoms with E-state index in [1.54, 1.807) is 0 Å². The van der Waals surface area contributed by atoms with Gasteiger partial charge in [0.05, 0.1) is 10.6 Å². The summed E-state index contributed by atoms with van der Waals surface area (Å²) < 4.78 is 23.6. The minimum Gasteiger partial charge on any atom is -0.437 e. The molecule has 0 aromatic heterocycles. The van der Waals surface area contributed by atoms with Crippen molar-refractivity contribution in [2.24, 2.45) is 0 Å². The van der Waals surface area contributed by atoms with E-state index in [1.165, 1.54) is 16.7 Å². The Morgan fingerprint density at radius 3 is 0.978 bits per heavy atom. The van der Waals surface area contributed by atoms with Crippen LogP contribution < -0.4 is 15.1 Å². The second-order valence-electron chi connectivity index (χ2n) is 19.3. The van der Waals surface area contributed by atoms with Gasteiger partial charge in [-0.05, 0) is 78.5 Å². The summed E-state index contributed by atoms with van der Waals surface area (Å²) in [6.07, 6.45) is 0. The van der Waals surface area contributed by atoms with Crippen molar-refractivity contribution in [3.8, 4) is 5.75 Å². The van der Waals surface area contributed by atoms with E-state index in [9.17, 15) is 0 Å². The quantitative estimate of drug-likeness (QED) is 0.268. The van der Waals surface area contributed by atoms with E-state index in [0.29, 0.717) is 5.75 Å². The Balaban J connectivity index is 2.55. The first-order chi connectivity index (χ1) is 20.0. The lowest BCUT2D eigenvalue weighted by molar-refractivity contribution is 0.479. The number of rotatable bonds is 4. The molecular weight excluding hydrogens is 567 g/mol. The van der Waals surface area contributed by atoms with Gasteiger partial charge in [-0.15, -0.1) is 0 Å². The van der Waals surface area contributed by atoms with E-state index in [-0.39, 0.29) is 32.5 Å². The highest BCUT2D eigenvalue weighted by molar-refractivity contribution is 7.74. The maximum absolute atomic E-state index is 16.4. The first-order valence-corrected chi connectivity index (χ1v) is 18.4. The molecule has 3 aromatic rings. The minimum absolute atomic E-state index is 0.0212. The average Bonchev–Trinajstić information content (AvgIpc) is 2.84. The molecule has 0 bridgehead atoms. The van der Waals surface area contributed by atoms with E-state index in [0.717, 1.165) is 27.3 Å². The monoisotopic (exact) mass is 630 g/mol. The van der Waals surface area contributed by atoms with Crippen molar-refractivity contribution in [2.75, 3.05) is 0 Å². The minimum atomic E-state index is -3.71. The van der Waals surface area contributed by atoms with Crippen LogP contribution in [0, 0.1) is 0 Å². The molecule has 0 N–H and O–H groups in total. The highest BCUT2D eigenvalue weighted by Crippen LogP contribution is 2.52. The molecule has 0 aliphatic carbocycles. The number of benzene rings is 3. The Morgan fingerprint density at radius 1 is 0.400 bits per heavy atom. The van der Waals surface area contributed by atoms with Gasteiger partial charge in [0.25, 0.3) is 0 Å². The van der Waals surface area contributed by atoms with Gasteiger partial charge in [0.15, 0.2) is 0 Å². The fourth-order valence-electron chi connectivity index (χ4n) is 5.75. The Bertz CT molecular complexity index is 1500. The Labute approximate surface area is 277 Å². The Morgan fingerprint density at radius 2 is 0.689 bits per heavy atom. The molecule has 0 spiro atoms. The zero-order valence-corrected chi connectivity index (χ0v) is 32.9. The van der Waals surface area contributed by atoms with Crippen molar-refractivity contribution < 1.29 is 9.09 Å². The highest BCUT2D eigenvalue weighted by Gasteiger charge is 2.41. The van der Waals surface area contributed by atoms with E-state index in [4.69, 9.17) is 4.52 Å². The normalized spacial score (nSPS) is 14.1. The van der Waals surface area contributed by atoms with Gasteiger partial charge in [0.1, 0.15) is 5.75 Å². The molecule has 0 fully saturated rings. The number of hydrogen-bond donors (Lipinski definition) is 0. The van der Waals surface area contributed by atoms with Crippen molar-refractivity contribution >= 4 is 18.0 Å². The molecule has 0 unspecified atom stereocenters. The Kier molecular flexibility index (Phi) is 9.69. The second-order valence-corrected chi connectivity index (χ2v) is 21.6. The van der Waals surface area contributed by atoms with Gasteiger partial charge in [0, 0.05) is 5.56 Å².